The first-order chi connectivity index (χ1) is 8.08. The maximum Gasteiger partial charge on any atom is 0.306 e. The van der Waals surface area contributed by atoms with Crippen molar-refractivity contribution in [2.45, 2.75) is 38.5 Å². The van der Waals surface area contributed by atoms with E-state index in [4.69, 9.17) is 5.11 Å². The molecule has 0 aromatic heterocycles. The van der Waals surface area contributed by atoms with E-state index in [2.05, 4.69) is 4.74 Å². The summed E-state index contributed by atoms with van der Waals surface area (Å²) in [6.45, 7) is 0. The lowest BCUT2D eigenvalue weighted by molar-refractivity contribution is -0.142. The van der Waals surface area contributed by atoms with Crippen LogP contribution in [0.25, 0.3) is 0 Å². The molecule has 1 N–H and O–H groups in total. The minimum absolute atomic E-state index is 0.117. The summed E-state index contributed by atoms with van der Waals surface area (Å²) < 4.78 is 4.68. The zero-order chi connectivity index (χ0) is 12.7. The third-order valence-electron chi connectivity index (χ3n) is 3.04. The molecule has 0 amide bonds. The molecule has 0 spiro atoms. The molecule has 1 rings (SSSR count). The van der Waals surface area contributed by atoms with E-state index in [1.54, 1.807) is 0 Å². The number of rotatable bonds is 9. The number of carboxylic acid groups (broad SMARTS) is 1. The Balaban J connectivity index is 2.02. The maximum absolute atomic E-state index is 11.2. The highest BCUT2D eigenvalue weighted by atomic mass is 32.2. The molecular weight excluding hydrogens is 240 g/mol. The summed E-state index contributed by atoms with van der Waals surface area (Å²) >= 11 is 1.83. The fourth-order valence-electron chi connectivity index (χ4n) is 1.70. The molecule has 0 heterocycles. The van der Waals surface area contributed by atoms with Gasteiger partial charge < -0.3 is 9.84 Å². The van der Waals surface area contributed by atoms with Gasteiger partial charge in [0.05, 0.1) is 13.5 Å². The number of aliphatic carboxylic acids is 1. The van der Waals surface area contributed by atoms with E-state index in [0.717, 1.165) is 37.2 Å². The largest absolute Gasteiger partial charge is 0.481 e. The highest BCUT2D eigenvalue weighted by molar-refractivity contribution is 7.99. The van der Waals surface area contributed by atoms with Crippen molar-refractivity contribution < 1.29 is 19.4 Å². The van der Waals surface area contributed by atoms with Crippen molar-refractivity contribution in [3.8, 4) is 0 Å². The third kappa shape index (κ3) is 5.96. The van der Waals surface area contributed by atoms with E-state index in [0.29, 0.717) is 6.42 Å². The molecule has 5 heteroatoms. The lowest BCUT2D eigenvalue weighted by Gasteiger charge is -2.12. The SMILES string of the molecule is COC(=O)CC1(CSCCCCC(=O)O)CC1. The van der Waals surface area contributed by atoms with E-state index in [1.807, 2.05) is 11.8 Å². The lowest BCUT2D eigenvalue weighted by Crippen LogP contribution is -2.13. The van der Waals surface area contributed by atoms with Gasteiger partial charge in [0.15, 0.2) is 0 Å². The van der Waals surface area contributed by atoms with E-state index in [1.165, 1.54) is 7.11 Å². The molecule has 1 fully saturated rings. The normalized spacial score (nSPS) is 16.5. The molecule has 1 aliphatic rings. The van der Waals surface area contributed by atoms with Crippen LogP contribution in [-0.4, -0.2) is 35.7 Å². The van der Waals surface area contributed by atoms with Gasteiger partial charge in [-0.05, 0) is 42.6 Å². The molecule has 0 radical (unpaired) electrons. The molecule has 0 atom stereocenters. The number of thioether (sulfide) groups is 1. The molecule has 4 nitrogen and oxygen atoms in total. The Kier molecular flexibility index (Phi) is 5.82. The van der Waals surface area contributed by atoms with Crippen LogP contribution in [0, 0.1) is 5.41 Å². The topological polar surface area (TPSA) is 63.6 Å². The fraction of sp³-hybridized carbons (Fsp3) is 0.833. The molecule has 0 aromatic carbocycles. The van der Waals surface area contributed by atoms with E-state index in [-0.39, 0.29) is 17.8 Å². The number of ether oxygens (including phenoxy) is 1. The Bertz CT molecular complexity index is 274. The number of hydrogen-bond acceptors (Lipinski definition) is 4. The molecule has 1 aliphatic carbocycles. The van der Waals surface area contributed by atoms with Gasteiger partial charge in [-0.1, -0.05) is 0 Å². The second-order valence-corrected chi connectivity index (χ2v) is 5.76. The van der Waals surface area contributed by atoms with Crippen molar-refractivity contribution in [2.24, 2.45) is 5.41 Å². The fourth-order valence-corrected chi connectivity index (χ4v) is 3.07. The first kappa shape index (κ1) is 14.4. The van der Waals surface area contributed by atoms with Crippen molar-refractivity contribution in [3.05, 3.63) is 0 Å². The van der Waals surface area contributed by atoms with Crippen LogP contribution >= 0.6 is 11.8 Å². The monoisotopic (exact) mass is 260 g/mol. The molecule has 0 aliphatic heterocycles. The highest BCUT2D eigenvalue weighted by Crippen LogP contribution is 2.51. The number of unbranched alkanes of at least 4 members (excludes halogenated alkanes) is 1. The minimum Gasteiger partial charge on any atom is -0.481 e. The Hall–Kier alpha value is -0.710. The molecule has 0 unspecified atom stereocenters. The zero-order valence-corrected chi connectivity index (χ0v) is 11.1. The number of hydrogen-bond donors (Lipinski definition) is 1. The van der Waals surface area contributed by atoms with Crippen molar-refractivity contribution in [3.63, 3.8) is 0 Å². The van der Waals surface area contributed by atoms with Gasteiger partial charge in [-0.2, -0.15) is 11.8 Å². The summed E-state index contributed by atoms with van der Waals surface area (Å²) in [5.74, 6) is 1.14. The van der Waals surface area contributed by atoms with Crippen LogP contribution in [0.3, 0.4) is 0 Å². The van der Waals surface area contributed by atoms with Gasteiger partial charge >= 0.3 is 11.9 Å². The van der Waals surface area contributed by atoms with Crippen LogP contribution in [0.2, 0.25) is 0 Å². The zero-order valence-electron chi connectivity index (χ0n) is 10.2. The summed E-state index contributed by atoms with van der Waals surface area (Å²) in [5.41, 5.74) is 0.185. The van der Waals surface area contributed by atoms with Crippen LogP contribution in [0.15, 0.2) is 0 Å². The smallest absolute Gasteiger partial charge is 0.306 e. The average Bonchev–Trinajstić information content (AvgIpc) is 3.03. The summed E-state index contributed by atoms with van der Waals surface area (Å²) in [4.78, 5) is 21.5. The molecule has 0 aromatic rings. The molecule has 0 saturated heterocycles. The Morgan fingerprint density at radius 2 is 2.06 bits per heavy atom. The van der Waals surface area contributed by atoms with Crippen LogP contribution in [0.5, 0.6) is 0 Å². The van der Waals surface area contributed by atoms with Gasteiger partial charge in [0.2, 0.25) is 0 Å². The minimum atomic E-state index is -0.723. The first-order valence-electron chi connectivity index (χ1n) is 5.94. The van der Waals surface area contributed by atoms with Crippen molar-refractivity contribution >= 4 is 23.7 Å². The van der Waals surface area contributed by atoms with Crippen molar-refractivity contribution in [1.29, 1.82) is 0 Å². The standard InChI is InChI=1S/C12H20O4S/c1-16-11(15)8-12(5-6-12)9-17-7-3-2-4-10(13)14/h2-9H2,1H3,(H,13,14). The quantitative estimate of drug-likeness (QED) is 0.509. The summed E-state index contributed by atoms with van der Waals surface area (Å²) in [6.07, 6.45) is 4.70. The summed E-state index contributed by atoms with van der Waals surface area (Å²) in [5, 5.41) is 8.48. The van der Waals surface area contributed by atoms with Crippen LogP contribution in [0.1, 0.15) is 38.5 Å². The highest BCUT2D eigenvalue weighted by Gasteiger charge is 2.44. The molecule has 1 saturated carbocycles. The van der Waals surface area contributed by atoms with Crippen LogP contribution in [-0.2, 0) is 14.3 Å². The number of carboxylic acids is 1. The number of methoxy groups -OCH3 is 1. The van der Waals surface area contributed by atoms with E-state index in [9.17, 15) is 9.59 Å². The van der Waals surface area contributed by atoms with Gasteiger partial charge in [-0.25, -0.2) is 0 Å². The Morgan fingerprint density at radius 1 is 1.35 bits per heavy atom. The van der Waals surface area contributed by atoms with Crippen LogP contribution in [0.4, 0.5) is 0 Å². The van der Waals surface area contributed by atoms with Gasteiger partial charge in [-0.3, -0.25) is 9.59 Å². The second-order valence-electron chi connectivity index (χ2n) is 4.66. The number of esters is 1. The van der Waals surface area contributed by atoms with Gasteiger partial charge in [0.1, 0.15) is 0 Å². The van der Waals surface area contributed by atoms with E-state index < -0.39 is 5.97 Å². The summed E-state index contributed by atoms with van der Waals surface area (Å²) in [7, 11) is 1.43. The number of carbonyl (C=O) groups excluding carboxylic acids is 1. The Labute approximate surface area is 106 Å². The molecule has 98 valence electrons. The third-order valence-corrected chi connectivity index (χ3v) is 4.44. The number of carbonyl (C=O) groups is 2. The average molecular weight is 260 g/mol. The van der Waals surface area contributed by atoms with E-state index >= 15 is 0 Å². The summed E-state index contributed by atoms with van der Waals surface area (Å²) in [6, 6.07) is 0. The molecule has 17 heavy (non-hydrogen) atoms. The lowest BCUT2D eigenvalue weighted by atomic mass is 10.1. The van der Waals surface area contributed by atoms with Crippen molar-refractivity contribution in [1.82, 2.24) is 0 Å². The first-order valence-corrected chi connectivity index (χ1v) is 7.10. The predicted molar refractivity (Wildman–Crippen MR) is 67.1 cm³/mol. The van der Waals surface area contributed by atoms with Gasteiger partial charge in [0, 0.05) is 6.42 Å². The maximum atomic E-state index is 11.2. The molecular formula is C12H20O4S. The van der Waals surface area contributed by atoms with Crippen molar-refractivity contribution in [2.75, 3.05) is 18.6 Å². The molecule has 0 bridgehead atoms. The van der Waals surface area contributed by atoms with Gasteiger partial charge in [0.25, 0.3) is 0 Å². The predicted octanol–water partition coefficient (Wildman–Crippen LogP) is 2.32. The van der Waals surface area contributed by atoms with Crippen LogP contribution < -0.4 is 0 Å². The Morgan fingerprint density at radius 3 is 2.59 bits per heavy atom. The van der Waals surface area contributed by atoms with Gasteiger partial charge in [-0.15, -0.1) is 0 Å². The second kappa shape index (κ2) is 6.89.